The maximum Gasteiger partial charge on any atom is 0.417 e. The molecule has 1 fully saturated rings. The maximum absolute atomic E-state index is 13.2. The van der Waals surface area contributed by atoms with Crippen LogP contribution in [0.4, 0.5) is 13.2 Å². The minimum atomic E-state index is -4.74. The lowest BCUT2D eigenvalue weighted by Crippen LogP contribution is -2.49. The average Bonchev–Trinajstić information content (AvgIpc) is 2.68. The largest absolute Gasteiger partial charge is 0.417 e. The lowest BCUT2D eigenvalue weighted by atomic mass is 10.1. The van der Waals surface area contributed by atoms with Gasteiger partial charge in [-0.3, -0.25) is 4.90 Å². The smallest absolute Gasteiger partial charge is 0.387 e. The number of benzene rings is 2. The highest BCUT2D eigenvalue weighted by molar-refractivity contribution is 7.89. The van der Waals surface area contributed by atoms with Gasteiger partial charge in [-0.25, -0.2) is 8.42 Å². The van der Waals surface area contributed by atoms with E-state index >= 15 is 0 Å². The van der Waals surface area contributed by atoms with Gasteiger partial charge in [-0.2, -0.15) is 17.5 Å². The molecule has 1 saturated heterocycles. The van der Waals surface area contributed by atoms with Gasteiger partial charge in [0.2, 0.25) is 10.0 Å². The summed E-state index contributed by atoms with van der Waals surface area (Å²) in [7, 11) is -4.26. The molecule has 2 aromatic rings. The minimum Gasteiger partial charge on any atom is -0.387 e. The fourth-order valence-electron chi connectivity index (χ4n) is 3.24. The number of halogens is 3. The molecule has 2 aromatic carbocycles. The van der Waals surface area contributed by atoms with E-state index in [4.69, 9.17) is 0 Å². The lowest BCUT2D eigenvalue weighted by molar-refractivity contribution is -0.139. The van der Waals surface area contributed by atoms with E-state index in [1.54, 1.807) is 12.1 Å². The van der Waals surface area contributed by atoms with Crippen LogP contribution in [0.2, 0.25) is 0 Å². The zero-order chi connectivity index (χ0) is 20.4. The first-order valence-electron chi connectivity index (χ1n) is 8.81. The van der Waals surface area contributed by atoms with Crippen LogP contribution in [-0.2, 0) is 16.2 Å². The standard InChI is InChI=1S/C19H21F3N2O3S/c20-19(21,22)16-8-4-5-9-18(16)28(26,27)24-12-10-23(11-13-24)14-17(25)15-6-2-1-3-7-15/h1-9,17,25H,10-14H2/t17-/m1/s1. The van der Waals surface area contributed by atoms with Gasteiger partial charge in [-0.1, -0.05) is 42.5 Å². The van der Waals surface area contributed by atoms with Gasteiger partial charge in [0.1, 0.15) is 0 Å². The SMILES string of the molecule is O=S(=O)(c1ccccc1C(F)(F)F)N1CCN(C[C@@H](O)c2ccccc2)CC1. The van der Waals surface area contributed by atoms with Crippen LogP contribution in [-0.4, -0.2) is 55.5 Å². The van der Waals surface area contributed by atoms with Crippen LogP contribution in [0.5, 0.6) is 0 Å². The molecule has 0 radical (unpaired) electrons. The number of rotatable bonds is 5. The molecule has 1 atom stereocenters. The van der Waals surface area contributed by atoms with Crippen LogP contribution in [0.1, 0.15) is 17.2 Å². The number of aliphatic hydroxyl groups is 1. The van der Waals surface area contributed by atoms with Crippen molar-refractivity contribution in [3.8, 4) is 0 Å². The topological polar surface area (TPSA) is 60.9 Å². The zero-order valence-electron chi connectivity index (χ0n) is 15.0. The molecular formula is C19H21F3N2O3S. The molecule has 3 rings (SSSR count). The number of piperazine rings is 1. The molecule has 0 aromatic heterocycles. The molecule has 0 spiro atoms. The second kappa shape index (κ2) is 8.20. The summed E-state index contributed by atoms with van der Waals surface area (Å²) in [6, 6.07) is 13.3. The monoisotopic (exact) mass is 414 g/mol. The van der Waals surface area contributed by atoms with E-state index in [0.29, 0.717) is 19.6 Å². The van der Waals surface area contributed by atoms with Crippen molar-refractivity contribution < 1.29 is 26.7 Å². The van der Waals surface area contributed by atoms with Crippen molar-refractivity contribution in [2.45, 2.75) is 17.2 Å². The summed E-state index contributed by atoms with van der Waals surface area (Å²) in [6.07, 6.45) is -5.46. The summed E-state index contributed by atoms with van der Waals surface area (Å²) in [5, 5.41) is 10.3. The van der Waals surface area contributed by atoms with Crippen molar-refractivity contribution in [1.82, 2.24) is 9.21 Å². The van der Waals surface area contributed by atoms with Gasteiger partial charge in [-0.05, 0) is 17.7 Å². The number of nitrogens with zero attached hydrogens (tertiary/aromatic N) is 2. The van der Waals surface area contributed by atoms with Crippen molar-refractivity contribution >= 4 is 10.0 Å². The first kappa shape index (κ1) is 20.8. The molecule has 28 heavy (non-hydrogen) atoms. The summed E-state index contributed by atoms with van der Waals surface area (Å²) in [6.45, 7) is 1.12. The maximum atomic E-state index is 13.2. The summed E-state index contributed by atoms with van der Waals surface area (Å²) in [5.74, 6) is 0. The fourth-order valence-corrected chi connectivity index (χ4v) is 4.88. The lowest BCUT2D eigenvalue weighted by Gasteiger charge is -2.35. The molecule has 1 heterocycles. The molecule has 0 bridgehead atoms. The molecule has 9 heteroatoms. The third kappa shape index (κ3) is 4.54. The molecule has 1 aliphatic rings. The van der Waals surface area contributed by atoms with Crippen LogP contribution >= 0.6 is 0 Å². The van der Waals surface area contributed by atoms with Gasteiger partial charge < -0.3 is 5.11 Å². The minimum absolute atomic E-state index is 0.0655. The first-order valence-corrected chi connectivity index (χ1v) is 10.3. The summed E-state index contributed by atoms with van der Waals surface area (Å²) in [5.41, 5.74) is -0.395. The average molecular weight is 414 g/mol. The summed E-state index contributed by atoms with van der Waals surface area (Å²) < 4.78 is 66.2. The van der Waals surface area contributed by atoms with E-state index < -0.39 is 32.8 Å². The molecule has 0 aliphatic carbocycles. The fraction of sp³-hybridized carbons (Fsp3) is 0.368. The number of hydrogen-bond donors (Lipinski definition) is 1. The Morgan fingerprint density at radius 1 is 0.929 bits per heavy atom. The normalized spacial score (nSPS) is 18.1. The quantitative estimate of drug-likeness (QED) is 0.818. The van der Waals surface area contributed by atoms with Crippen molar-refractivity contribution in [1.29, 1.82) is 0 Å². The number of β-amino-alcohol motifs (C(OH)–C–C–N with tert-alkyl or cyclic N) is 1. The number of aliphatic hydroxyl groups excluding tert-OH is 1. The molecule has 0 amide bonds. The number of alkyl halides is 3. The van der Waals surface area contributed by atoms with Gasteiger partial charge in [0.25, 0.3) is 0 Å². The van der Waals surface area contributed by atoms with Crippen LogP contribution in [0.3, 0.4) is 0 Å². The van der Waals surface area contributed by atoms with Crippen LogP contribution in [0, 0.1) is 0 Å². The molecule has 5 nitrogen and oxygen atoms in total. The van der Waals surface area contributed by atoms with E-state index in [1.807, 2.05) is 23.1 Å². The van der Waals surface area contributed by atoms with Crippen LogP contribution < -0.4 is 0 Å². The van der Waals surface area contributed by atoms with Crippen molar-refractivity contribution in [3.63, 3.8) is 0 Å². The Bertz CT molecular complexity index is 896. The molecule has 1 aliphatic heterocycles. The van der Waals surface area contributed by atoms with E-state index in [9.17, 15) is 26.7 Å². The van der Waals surface area contributed by atoms with E-state index in [1.165, 1.54) is 12.1 Å². The molecule has 152 valence electrons. The zero-order valence-corrected chi connectivity index (χ0v) is 15.8. The Morgan fingerprint density at radius 3 is 2.11 bits per heavy atom. The van der Waals surface area contributed by atoms with Gasteiger partial charge in [-0.15, -0.1) is 0 Å². The highest BCUT2D eigenvalue weighted by Gasteiger charge is 2.39. The number of hydrogen-bond acceptors (Lipinski definition) is 4. The summed E-state index contributed by atoms with van der Waals surface area (Å²) >= 11 is 0. The second-order valence-corrected chi connectivity index (χ2v) is 8.53. The van der Waals surface area contributed by atoms with Crippen LogP contribution in [0.15, 0.2) is 59.5 Å². The van der Waals surface area contributed by atoms with Gasteiger partial charge >= 0.3 is 6.18 Å². The van der Waals surface area contributed by atoms with Crippen molar-refractivity contribution in [2.24, 2.45) is 0 Å². The predicted octanol–water partition coefficient (Wildman–Crippen LogP) is 2.75. The highest BCUT2D eigenvalue weighted by atomic mass is 32.2. The number of sulfonamides is 1. The van der Waals surface area contributed by atoms with E-state index in [-0.39, 0.29) is 13.1 Å². The third-order valence-electron chi connectivity index (χ3n) is 4.76. The molecule has 0 saturated carbocycles. The molecular weight excluding hydrogens is 393 g/mol. The Hall–Kier alpha value is -1.94. The van der Waals surface area contributed by atoms with Gasteiger partial charge in [0, 0.05) is 32.7 Å². The van der Waals surface area contributed by atoms with E-state index in [2.05, 4.69) is 0 Å². The Morgan fingerprint density at radius 2 is 1.50 bits per heavy atom. The Balaban J connectivity index is 1.68. The van der Waals surface area contributed by atoms with Gasteiger partial charge in [0.15, 0.2) is 0 Å². The third-order valence-corrected chi connectivity index (χ3v) is 6.71. The Kier molecular flexibility index (Phi) is 6.09. The van der Waals surface area contributed by atoms with Crippen molar-refractivity contribution in [3.05, 3.63) is 65.7 Å². The second-order valence-electron chi connectivity index (χ2n) is 6.63. The Labute approximate surface area is 162 Å². The van der Waals surface area contributed by atoms with Crippen LogP contribution in [0.25, 0.3) is 0 Å². The van der Waals surface area contributed by atoms with E-state index in [0.717, 1.165) is 22.0 Å². The highest BCUT2D eigenvalue weighted by Crippen LogP contribution is 2.35. The molecule has 1 N–H and O–H groups in total. The summed E-state index contributed by atoms with van der Waals surface area (Å²) in [4.78, 5) is 1.18. The van der Waals surface area contributed by atoms with Crippen molar-refractivity contribution in [2.75, 3.05) is 32.7 Å². The predicted molar refractivity (Wildman–Crippen MR) is 98.0 cm³/mol. The van der Waals surface area contributed by atoms with Gasteiger partial charge in [0.05, 0.1) is 16.6 Å². The molecule has 0 unspecified atom stereocenters. The first-order chi connectivity index (χ1) is 13.2.